The molecular weight excluding hydrogens is 182 g/mol. The summed E-state index contributed by atoms with van der Waals surface area (Å²) in [4.78, 5) is 0. The number of rotatable bonds is 3. The van der Waals surface area contributed by atoms with E-state index in [-0.39, 0.29) is 6.61 Å². The summed E-state index contributed by atoms with van der Waals surface area (Å²) < 4.78 is 7.26. The van der Waals surface area contributed by atoms with Gasteiger partial charge in [-0.3, -0.25) is 0 Å². The van der Waals surface area contributed by atoms with E-state index >= 15 is 0 Å². The highest BCUT2D eigenvalue weighted by Crippen LogP contribution is 2.26. The number of aliphatic hydroxyl groups excluding tert-OH is 1. The quantitative estimate of drug-likeness (QED) is 0.760. The first-order valence-electron chi connectivity index (χ1n) is 4.90. The maximum atomic E-state index is 9.04. The highest BCUT2D eigenvalue weighted by atomic mass is 16.5. The normalized spacial score (nSPS) is 24.0. The van der Waals surface area contributed by atoms with Crippen molar-refractivity contribution in [2.24, 2.45) is 5.92 Å². The summed E-state index contributed by atoms with van der Waals surface area (Å²) in [6.07, 6.45) is 2.75. The van der Waals surface area contributed by atoms with E-state index in [4.69, 9.17) is 9.84 Å². The van der Waals surface area contributed by atoms with Crippen molar-refractivity contribution in [2.45, 2.75) is 26.0 Å². The molecule has 0 saturated carbocycles. The Labute approximate surface area is 82.7 Å². The fraction of sp³-hybridized carbons (Fsp3) is 0.778. The number of aromatic nitrogens is 3. The lowest BCUT2D eigenvalue weighted by Crippen LogP contribution is -2.18. The van der Waals surface area contributed by atoms with E-state index in [2.05, 4.69) is 17.1 Å². The van der Waals surface area contributed by atoms with Crippen LogP contribution in [0.4, 0.5) is 0 Å². The van der Waals surface area contributed by atoms with Gasteiger partial charge in [0, 0.05) is 18.6 Å². The monoisotopic (exact) mass is 197 g/mol. The van der Waals surface area contributed by atoms with Crippen molar-refractivity contribution in [3.8, 4) is 0 Å². The highest BCUT2D eigenvalue weighted by Gasteiger charge is 2.24. The van der Waals surface area contributed by atoms with E-state index in [1.165, 1.54) is 0 Å². The molecule has 1 saturated heterocycles. The van der Waals surface area contributed by atoms with Crippen LogP contribution in [0.15, 0.2) is 6.33 Å². The van der Waals surface area contributed by atoms with Gasteiger partial charge >= 0.3 is 0 Å². The average Bonchev–Trinajstić information content (AvgIpc) is 2.87. The first-order valence-corrected chi connectivity index (χ1v) is 4.90. The van der Waals surface area contributed by atoms with Gasteiger partial charge < -0.3 is 14.4 Å². The maximum Gasteiger partial charge on any atom is 0.158 e. The van der Waals surface area contributed by atoms with Gasteiger partial charge in [0.1, 0.15) is 12.9 Å². The minimum atomic E-state index is -0.0576. The van der Waals surface area contributed by atoms with E-state index in [1.54, 1.807) is 6.33 Å². The molecule has 2 atom stereocenters. The van der Waals surface area contributed by atoms with Crippen molar-refractivity contribution >= 4 is 0 Å². The SMILES string of the molecule is CC(C1CCOC1)n1cnnc1CO. The third kappa shape index (κ3) is 1.65. The fourth-order valence-corrected chi connectivity index (χ4v) is 1.88. The average molecular weight is 197 g/mol. The van der Waals surface area contributed by atoms with E-state index in [1.807, 2.05) is 4.57 Å². The number of nitrogens with zero attached hydrogens (tertiary/aromatic N) is 3. The van der Waals surface area contributed by atoms with Crippen LogP contribution in [0.2, 0.25) is 0 Å². The van der Waals surface area contributed by atoms with E-state index in [0.717, 1.165) is 19.6 Å². The zero-order chi connectivity index (χ0) is 9.97. The second kappa shape index (κ2) is 4.06. The van der Waals surface area contributed by atoms with Crippen LogP contribution >= 0.6 is 0 Å². The van der Waals surface area contributed by atoms with Gasteiger partial charge in [-0.05, 0) is 13.3 Å². The van der Waals surface area contributed by atoms with Gasteiger partial charge in [-0.1, -0.05) is 0 Å². The third-order valence-corrected chi connectivity index (χ3v) is 2.87. The molecule has 0 aromatic carbocycles. The van der Waals surface area contributed by atoms with E-state index < -0.39 is 0 Å². The van der Waals surface area contributed by atoms with Crippen LogP contribution in [-0.4, -0.2) is 33.1 Å². The molecule has 14 heavy (non-hydrogen) atoms. The van der Waals surface area contributed by atoms with Crippen molar-refractivity contribution in [1.29, 1.82) is 0 Å². The molecule has 2 heterocycles. The maximum absolute atomic E-state index is 9.04. The minimum absolute atomic E-state index is 0.0576. The molecule has 1 aliphatic heterocycles. The molecule has 0 bridgehead atoms. The third-order valence-electron chi connectivity index (χ3n) is 2.87. The van der Waals surface area contributed by atoms with Crippen molar-refractivity contribution in [2.75, 3.05) is 13.2 Å². The van der Waals surface area contributed by atoms with Crippen molar-refractivity contribution < 1.29 is 9.84 Å². The van der Waals surface area contributed by atoms with Gasteiger partial charge in [0.15, 0.2) is 5.82 Å². The van der Waals surface area contributed by atoms with E-state index in [0.29, 0.717) is 17.8 Å². The Morgan fingerprint density at radius 2 is 2.64 bits per heavy atom. The molecule has 5 heteroatoms. The van der Waals surface area contributed by atoms with Gasteiger partial charge in [-0.2, -0.15) is 0 Å². The second-order valence-electron chi connectivity index (χ2n) is 3.68. The molecule has 0 radical (unpaired) electrons. The Balaban J connectivity index is 2.12. The predicted molar refractivity (Wildman–Crippen MR) is 49.6 cm³/mol. The molecule has 1 aromatic heterocycles. The molecule has 1 fully saturated rings. The zero-order valence-electron chi connectivity index (χ0n) is 8.26. The smallest absolute Gasteiger partial charge is 0.158 e. The number of hydrogen-bond acceptors (Lipinski definition) is 4. The lowest BCUT2D eigenvalue weighted by molar-refractivity contribution is 0.172. The lowest BCUT2D eigenvalue weighted by Gasteiger charge is -2.19. The fourth-order valence-electron chi connectivity index (χ4n) is 1.88. The Morgan fingerprint density at radius 3 is 3.29 bits per heavy atom. The molecule has 1 N–H and O–H groups in total. The van der Waals surface area contributed by atoms with Crippen LogP contribution in [0.3, 0.4) is 0 Å². The summed E-state index contributed by atoms with van der Waals surface area (Å²) in [6.45, 7) is 3.69. The van der Waals surface area contributed by atoms with Crippen molar-refractivity contribution in [3.63, 3.8) is 0 Å². The topological polar surface area (TPSA) is 60.2 Å². The molecule has 1 aromatic rings. The number of aliphatic hydroxyl groups is 1. The van der Waals surface area contributed by atoms with Gasteiger partial charge in [-0.25, -0.2) is 0 Å². The summed E-state index contributed by atoms with van der Waals surface area (Å²) in [5, 5.41) is 16.7. The summed E-state index contributed by atoms with van der Waals surface area (Å²) >= 11 is 0. The van der Waals surface area contributed by atoms with Crippen LogP contribution in [-0.2, 0) is 11.3 Å². The van der Waals surface area contributed by atoms with Crippen LogP contribution in [0.1, 0.15) is 25.2 Å². The number of ether oxygens (including phenoxy) is 1. The lowest BCUT2D eigenvalue weighted by atomic mass is 10.0. The molecule has 5 nitrogen and oxygen atoms in total. The van der Waals surface area contributed by atoms with E-state index in [9.17, 15) is 0 Å². The van der Waals surface area contributed by atoms with Crippen LogP contribution < -0.4 is 0 Å². The molecule has 78 valence electrons. The highest BCUT2D eigenvalue weighted by molar-refractivity contribution is 4.89. The summed E-state index contributed by atoms with van der Waals surface area (Å²) in [5.74, 6) is 1.14. The molecule has 2 rings (SSSR count). The molecule has 1 aliphatic rings. The van der Waals surface area contributed by atoms with Gasteiger partial charge in [0.25, 0.3) is 0 Å². The minimum Gasteiger partial charge on any atom is -0.388 e. The molecule has 2 unspecified atom stereocenters. The zero-order valence-corrected chi connectivity index (χ0v) is 8.26. The molecular formula is C9H15N3O2. The van der Waals surface area contributed by atoms with Crippen molar-refractivity contribution in [3.05, 3.63) is 12.2 Å². The molecule has 0 aliphatic carbocycles. The van der Waals surface area contributed by atoms with Gasteiger partial charge in [0.05, 0.1) is 6.61 Å². The molecule has 0 spiro atoms. The largest absolute Gasteiger partial charge is 0.388 e. The first-order chi connectivity index (χ1) is 6.83. The Hall–Kier alpha value is -0.940. The Kier molecular flexibility index (Phi) is 2.79. The Bertz CT molecular complexity index is 294. The standard InChI is InChI=1S/C9H15N3O2/c1-7(8-2-3-14-5-8)12-6-10-11-9(12)4-13/h6-8,13H,2-5H2,1H3. The van der Waals surface area contributed by atoms with Crippen LogP contribution in [0.5, 0.6) is 0 Å². The first kappa shape index (κ1) is 9.61. The second-order valence-corrected chi connectivity index (χ2v) is 3.68. The van der Waals surface area contributed by atoms with Gasteiger partial charge in [0.2, 0.25) is 0 Å². The molecule has 0 amide bonds. The van der Waals surface area contributed by atoms with Crippen LogP contribution in [0, 0.1) is 5.92 Å². The predicted octanol–water partition coefficient (Wildman–Crippen LogP) is 0.368. The Morgan fingerprint density at radius 1 is 1.79 bits per heavy atom. The number of hydrogen-bond donors (Lipinski definition) is 1. The summed E-state index contributed by atoms with van der Waals surface area (Å²) in [5.41, 5.74) is 0. The van der Waals surface area contributed by atoms with Crippen molar-refractivity contribution in [1.82, 2.24) is 14.8 Å². The summed E-state index contributed by atoms with van der Waals surface area (Å²) in [6, 6.07) is 0.301. The summed E-state index contributed by atoms with van der Waals surface area (Å²) in [7, 11) is 0. The van der Waals surface area contributed by atoms with Crippen LogP contribution in [0.25, 0.3) is 0 Å². The van der Waals surface area contributed by atoms with Gasteiger partial charge in [-0.15, -0.1) is 10.2 Å².